The second-order valence-corrected chi connectivity index (χ2v) is 7.63. The summed E-state index contributed by atoms with van der Waals surface area (Å²) in [5, 5.41) is 13.8. The number of nitrogens with zero attached hydrogens (tertiary/aromatic N) is 2. The van der Waals surface area contributed by atoms with E-state index in [1.54, 1.807) is 0 Å². The lowest BCUT2D eigenvalue weighted by molar-refractivity contribution is -0.119. The van der Waals surface area contributed by atoms with Gasteiger partial charge in [0.25, 0.3) is 0 Å². The number of aryl methyl sites for hydroxylation is 2. The number of hydrogen-bond donors (Lipinski definition) is 1. The monoisotopic (exact) mass is 327 g/mol. The van der Waals surface area contributed by atoms with Crippen molar-refractivity contribution in [1.29, 1.82) is 5.26 Å². The largest absolute Gasteiger partial charge is 0.351 e. The first-order valence-electron chi connectivity index (χ1n) is 7.45. The molecule has 0 aliphatic heterocycles. The Morgan fingerprint density at radius 2 is 1.91 bits per heavy atom. The molecule has 0 bridgehead atoms. The van der Waals surface area contributed by atoms with Crippen LogP contribution in [0.3, 0.4) is 0 Å². The molecule has 0 saturated heterocycles. The number of carbonyl (C=O) groups is 1. The van der Waals surface area contributed by atoms with E-state index in [0.717, 1.165) is 16.5 Å². The molecule has 0 fully saturated rings. The number of hydrogen-bond acceptors (Lipinski definition) is 4. The number of benzene rings is 1. The van der Waals surface area contributed by atoms with E-state index in [2.05, 4.69) is 16.4 Å². The van der Waals surface area contributed by atoms with Crippen LogP contribution in [-0.4, -0.2) is 22.2 Å². The van der Waals surface area contributed by atoms with Crippen molar-refractivity contribution in [2.45, 2.75) is 45.2 Å². The average molecular weight is 327 g/mol. The first-order valence-corrected chi connectivity index (χ1v) is 8.44. The van der Waals surface area contributed by atoms with Gasteiger partial charge in [0.15, 0.2) is 0 Å². The number of pyridine rings is 1. The molecule has 0 unspecified atom stereocenters. The van der Waals surface area contributed by atoms with Gasteiger partial charge in [-0.2, -0.15) is 5.26 Å². The molecule has 0 saturated carbocycles. The lowest BCUT2D eigenvalue weighted by atomic mass is 10.1. The predicted octanol–water partition coefficient (Wildman–Crippen LogP) is 3.73. The van der Waals surface area contributed by atoms with Crippen LogP contribution >= 0.6 is 11.8 Å². The molecule has 0 atom stereocenters. The number of thioether (sulfide) groups is 1. The predicted molar refractivity (Wildman–Crippen MR) is 94.6 cm³/mol. The fourth-order valence-corrected chi connectivity index (χ4v) is 2.96. The van der Waals surface area contributed by atoms with E-state index in [9.17, 15) is 10.1 Å². The van der Waals surface area contributed by atoms with Gasteiger partial charge in [0.2, 0.25) is 5.91 Å². The highest BCUT2D eigenvalue weighted by Crippen LogP contribution is 2.26. The van der Waals surface area contributed by atoms with E-state index in [1.165, 1.54) is 17.3 Å². The number of amides is 1. The van der Waals surface area contributed by atoms with Crippen molar-refractivity contribution < 1.29 is 4.79 Å². The van der Waals surface area contributed by atoms with Crippen LogP contribution in [0.2, 0.25) is 0 Å². The summed E-state index contributed by atoms with van der Waals surface area (Å²) in [4.78, 5) is 16.5. The zero-order valence-corrected chi connectivity index (χ0v) is 15.0. The van der Waals surface area contributed by atoms with E-state index in [4.69, 9.17) is 0 Å². The van der Waals surface area contributed by atoms with Gasteiger partial charge in [0.05, 0.1) is 16.8 Å². The van der Waals surface area contributed by atoms with Crippen LogP contribution in [0.4, 0.5) is 0 Å². The lowest BCUT2D eigenvalue weighted by Gasteiger charge is -2.20. The highest BCUT2D eigenvalue weighted by atomic mass is 32.2. The smallest absolute Gasteiger partial charge is 0.230 e. The Hall–Kier alpha value is -2.06. The normalized spacial score (nSPS) is 11.3. The van der Waals surface area contributed by atoms with Gasteiger partial charge in [-0.05, 0) is 63.9 Å². The fraction of sp³-hybridized carbons (Fsp3) is 0.389. The maximum atomic E-state index is 12.0. The maximum Gasteiger partial charge on any atom is 0.230 e. The Bertz CT molecular complexity index is 800. The molecule has 1 N–H and O–H groups in total. The SMILES string of the molecule is Cc1cc2cc(C#N)c(SCC(=O)NC(C)(C)C)nc2cc1C. The Morgan fingerprint density at radius 3 is 2.52 bits per heavy atom. The Balaban J connectivity index is 2.28. The molecule has 1 heterocycles. The number of rotatable bonds is 3. The minimum Gasteiger partial charge on any atom is -0.351 e. The van der Waals surface area contributed by atoms with Gasteiger partial charge in [-0.15, -0.1) is 0 Å². The van der Waals surface area contributed by atoms with Crippen molar-refractivity contribution in [1.82, 2.24) is 10.3 Å². The van der Waals surface area contributed by atoms with Crippen molar-refractivity contribution in [2.75, 3.05) is 5.75 Å². The Morgan fingerprint density at radius 1 is 1.26 bits per heavy atom. The van der Waals surface area contributed by atoms with E-state index >= 15 is 0 Å². The van der Waals surface area contributed by atoms with Gasteiger partial charge in [-0.1, -0.05) is 11.8 Å². The third-order valence-electron chi connectivity index (χ3n) is 3.37. The summed E-state index contributed by atoms with van der Waals surface area (Å²) in [6, 6.07) is 8.08. The molecule has 1 aromatic carbocycles. The highest BCUT2D eigenvalue weighted by Gasteiger charge is 2.15. The number of nitriles is 1. The summed E-state index contributed by atoms with van der Waals surface area (Å²) >= 11 is 1.30. The van der Waals surface area contributed by atoms with Crippen molar-refractivity contribution in [3.63, 3.8) is 0 Å². The summed E-state index contributed by atoms with van der Waals surface area (Å²) in [5.41, 5.74) is 3.44. The molecular formula is C18H21N3OS. The number of fused-ring (bicyclic) bond motifs is 1. The highest BCUT2D eigenvalue weighted by molar-refractivity contribution is 8.00. The van der Waals surface area contributed by atoms with Crippen LogP contribution in [0.25, 0.3) is 10.9 Å². The molecule has 1 aromatic heterocycles. The molecule has 1 amide bonds. The summed E-state index contributed by atoms with van der Waals surface area (Å²) in [7, 11) is 0. The first-order chi connectivity index (χ1) is 10.7. The molecule has 4 nitrogen and oxygen atoms in total. The first kappa shape index (κ1) is 17.3. The van der Waals surface area contributed by atoms with Crippen LogP contribution in [0.15, 0.2) is 23.2 Å². The van der Waals surface area contributed by atoms with Crippen LogP contribution < -0.4 is 5.32 Å². The molecule has 2 rings (SSSR count). The van der Waals surface area contributed by atoms with Gasteiger partial charge in [0.1, 0.15) is 11.1 Å². The molecular weight excluding hydrogens is 306 g/mol. The second-order valence-electron chi connectivity index (χ2n) is 6.67. The Labute approximate surface area is 141 Å². The van der Waals surface area contributed by atoms with E-state index in [-0.39, 0.29) is 17.2 Å². The minimum absolute atomic E-state index is 0.0617. The zero-order chi connectivity index (χ0) is 17.2. The summed E-state index contributed by atoms with van der Waals surface area (Å²) < 4.78 is 0. The number of nitrogens with one attached hydrogen (secondary N) is 1. The fourth-order valence-electron chi connectivity index (χ4n) is 2.20. The van der Waals surface area contributed by atoms with Crippen molar-refractivity contribution in [2.24, 2.45) is 0 Å². The van der Waals surface area contributed by atoms with Crippen LogP contribution in [0.5, 0.6) is 0 Å². The number of carbonyl (C=O) groups excluding carboxylic acids is 1. The molecule has 5 heteroatoms. The van der Waals surface area contributed by atoms with Crippen LogP contribution in [-0.2, 0) is 4.79 Å². The average Bonchev–Trinajstić information content (AvgIpc) is 2.44. The maximum absolute atomic E-state index is 12.0. The third-order valence-corrected chi connectivity index (χ3v) is 4.36. The second kappa shape index (κ2) is 6.59. The molecule has 120 valence electrons. The summed E-state index contributed by atoms with van der Waals surface area (Å²) in [6.07, 6.45) is 0. The molecule has 0 spiro atoms. The Kier molecular flexibility index (Phi) is 4.96. The molecule has 23 heavy (non-hydrogen) atoms. The van der Waals surface area contributed by atoms with Crippen molar-refractivity contribution in [3.8, 4) is 6.07 Å². The molecule has 0 aliphatic carbocycles. The lowest BCUT2D eigenvalue weighted by Crippen LogP contribution is -2.41. The van der Waals surface area contributed by atoms with Crippen LogP contribution in [0, 0.1) is 25.2 Å². The van der Waals surface area contributed by atoms with E-state index < -0.39 is 0 Å². The third kappa shape index (κ3) is 4.46. The standard InChI is InChI=1S/C18H21N3OS/c1-11-6-13-8-14(9-19)17(20-15(13)7-12(11)2)23-10-16(22)21-18(3,4)5/h6-8H,10H2,1-5H3,(H,21,22). The number of aromatic nitrogens is 1. The molecule has 0 radical (unpaired) electrons. The van der Waals surface area contributed by atoms with Gasteiger partial charge < -0.3 is 5.32 Å². The quantitative estimate of drug-likeness (QED) is 0.872. The van der Waals surface area contributed by atoms with Crippen molar-refractivity contribution >= 4 is 28.6 Å². The van der Waals surface area contributed by atoms with Gasteiger partial charge in [0, 0.05) is 10.9 Å². The van der Waals surface area contributed by atoms with Gasteiger partial charge in [-0.3, -0.25) is 4.79 Å². The molecule has 0 aliphatic rings. The summed E-state index contributed by atoms with van der Waals surface area (Å²) in [6.45, 7) is 9.90. The van der Waals surface area contributed by atoms with Gasteiger partial charge in [-0.25, -0.2) is 4.98 Å². The minimum atomic E-state index is -0.263. The zero-order valence-electron chi connectivity index (χ0n) is 14.2. The van der Waals surface area contributed by atoms with E-state index in [0.29, 0.717) is 10.6 Å². The van der Waals surface area contributed by atoms with Gasteiger partial charge >= 0.3 is 0 Å². The van der Waals surface area contributed by atoms with Crippen LogP contribution in [0.1, 0.15) is 37.5 Å². The van der Waals surface area contributed by atoms with E-state index in [1.807, 2.05) is 52.8 Å². The topological polar surface area (TPSA) is 65.8 Å². The van der Waals surface area contributed by atoms with Crippen molar-refractivity contribution in [3.05, 3.63) is 34.9 Å². The molecule has 2 aromatic rings. The summed E-state index contributed by atoms with van der Waals surface area (Å²) in [5.74, 6) is 0.184.